The van der Waals surface area contributed by atoms with E-state index >= 15 is 0 Å². The van der Waals surface area contributed by atoms with Crippen LogP contribution in [0.5, 0.6) is 0 Å². The van der Waals surface area contributed by atoms with Crippen molar-refractivity contribution in [1.82, 2.24) is 0 Å². The van der Waals surface area contributed by atoms with Crippen molar-refractivity contribution < 1.29 is 9.59 Å². The fourth-order valence-electron chi connectivity index (χ4n) is 7.36. The third kappa shape index (κ3) is 10.7. The van der Waals surface area contributed by atoms with Crippen LogP contribution >= 0.6 is 46.4 Å². The molecule has 0 N–H and O–H groups in total. The zero-order chi connectivity index (χ0) is 47.1. The number of halogens is 4. The number of allylic oxidation sites excluding steroid dienone is 10. The molecular weight excluding hydrogens is 878 g/mol. The van der Waals surface area contributed by atoms with Crippen molar-refractivity contribution in [1.29, 1.82) is 0 Å². The van der Waals surface area contributed by atoms with Crippen molar-refractivity contribution in [2.24, 2.45) is 42.1 Å². The number of carbonyl (C=O) groups excluding carboxylic acids is 2. The number of hydrogen-bond acceptors (Lipinski definition) is 6. The van der Waals surface area contributed by atoms with Crippen LogP contribution in [0.2, 0.25) is 20.1 Å². The van der Waals surface area contributed by atoms with Gasteiger partial charge in [-0.1, -0.05) is 190 Å². The molecule has 10 heteroatoms. The van der Waals surface area contributed by atoms with Crippen molar-refractivity contribution in [2.45, 2.75) is 83.1 Å². The maximum absolute atomic E-state index is 13.8. The SMILES string of the molecule is CC(C)(C)C1=CC(=C(N=Nc2cc(Cl)c(-c3cc(Cl)c(N=NC(=C4C=C(C(C)(C)C)C(=O)C(C(C)(C)C)=C4)c4ccccc4)cc3Cl)cc2Cl)c2ccccc2)C=C(C(C)(C)C)C1=O. The molecule has 0 saturated heterocycles. The van der Waals surface area contributed by atoms with Crippen molar-refractivity contribution in [3.05, 3.63) is 174 Å². The summed E-state index contributed by atoms with van der Waals surface area (Å²) in [5.41, 5.74) is 7.19. The summed E-state index contributed by atoms with van der Waals surface area (Å²) in [6, 6.07) is 26.1. The molecule has 2 aliphatic rings. The van der Waals surface area contributed by atoms with E-state index in [1.54, 1.807) is 24.3 Å². The van der Waals surface area contributed by atoms with Gasteiger partial charge < -0.3 is 0 Å². The molecule has 0 saturated carbocycles. The molecule has 0 aromatic heterocycles. The molecule has 0 fully saturated rings. The van der Waals surface area contributed by atoms with Gasteiger partial charge in [0.15, 0.2) is 11.6 Å². The molecule has 64 heavy (non-hydrogen) atoms. The highest BCUT2D eigenvalue weighted by molar-refractivity contribution is 6.40. The second kappa shape index (κ2) is 18.5. The molecule has 0 aliphatic heterocycles. The van der Waals surface area contributed by atoms with Crippen molar-refractivity contribution in [2.75, 3.05) is 0 Å². The van der Waals surface area contributed by atoms with Crippen LogP contribution in [0.15, 0.2) is 163 Å². The average molecular weight is 933 g/mol. The second-order valence-corrected chi connectivity index (χ2v) is 21.8. The molecule has 2 aliphatic carbocycles. The Hall–Kier alpha value is -4.98. The quantitative estimate of drug-likeness (QED) is 0.173. The Bertz CT molecular complexity index is 2530. The van der Waals surface area contributed by atoms with Crippen LogP contribution in [0.1, 0.15) is 94.2 Å². The molecule has 0 bridgehead atoms. The van der Waals surface area contributed by atoms with Gasteiger partial charge in [0.1, 0.15) is 22.8 Å². The Morgan fingerprint density at radius 3 is 0.953 bits per heavy atom. The first-order valence-electron chi connectivity index (χ1n) is 21.1. The number of rotatable bonds is 7. The Labute approximate surface area is 398 Å². The van der Waals surface area contributed by atoms with Crippen LogP contribution in [0, 0.1) is 21.7 Å². The van der Waals surface area contributed by atoms with E-state index in [0.29, 0.717) is 66.2 Å². The minimum absolute atomic E-state index is 0.0279. The smallest absolute Gasteiger partial charge is 0.186 e. The third-order valence-corrected chi connectivity index (χ3v) is 12.2. The highest BCUT2D eigenvalue weighted by Crippen LogP contribution is 2.46. The van der Waals surface area contributed by atoms with Crippen LogP contribution in [0.4, 0.5) is 11.4 Å². The molecule has 0 spiro atoms. The first kappa shape index (κ1) is 48.5. The lowest BCUT2D eigenvalue weighted by Gasteiger charge is -2.31. The van der Waals surface area contributed by atoms with Crippen LogP contribution in [-0.2, 0) is 9.59 Å². The minimum Gasteiger partial charge on any atom is -0.289 e. The van der Waals surface area contributed by atoms with Crippen molar-refractivity contribution in [3.63, 3.8) is 0 Å². The minimum atomic E-state index is -0.410. The predicted octanol–water partition coefficient (Wildman–Crippen LogP) is 18.0. The summed E-state index contributed by atoms with van der Waals surface area (Å²) < 4.78 is 0. The first-order valence-corrected chi connectivity index (χ1v) is 22.7. The summed E-state index contributed by atoms with van der Waals surface area (Å²) in [4.78, 5) is 27.5. The monoisotopic (exact) mass is 930 g/mol. The lowest BCUT2D eigenvalue weighted by atomic mass is 9.71. The topological polar surface area (TPSA) is 83.6 Å². The van der Waals surface area contributed by atoms with Gasteiger partial charge in [-0.2, -0.15) is 0 Å². The molecule has 0 amide bonds. The van der Waals surface area contributed by atoms with Gasteiger partial charge in [0.2, 0.25) is 0 Å². The van der Waals surface area contributed by atoms with E-state index in [4.69, 9.17) is 56.6 Å². The Balaban J connectivity index is 1.41. The van der Waals surface area contributed by atoms with Crippen molar-refractivity contribution in [3.8, 4) is 11.1 Å². The Morgan fingerprint density at radius 1 is 0.406 bits per heavy atom. The van der Waals surface area contributed by atoms with Crippen LogP contribution < -0.4 is 0 Å². The summed E-state index contributed by atoms with van der Waals surface area (Å²) in [6.45, 7) is 24.4. The number of Topliss-reactive ketones (excluding diaryl/α,β-unsaturated/α-hetero) is 2. The zero-order valence-corrected chi connectivity index (χ0v) is 41.5. The van der Waals surface area contributed by atoms with Gasteiger partial charge in [-0.15, -0.1) is 20.5 Å². The molecule has 0 radical (unpaired) electrons. The number of nitrogens with zero attached hydrogens (tertiary/aromatic N) is 4. The van der Waals surface area contributed by atoms with Gasteiger partial charge in [-0.3, -0.25) is 9.59 Å². The summed E-state index contributed by atoms with van der Waals surface area (Å²) in [5, 5.41) is 20.0. The van der Waals surface area contributed by atoms with Gasteiger partial charge in [-0.05, 0) is 70.2 Å². The zero-order valence-electron chi connectivity index (χ0n) is 38.5. The van der Waals surface area contributed by atoms with Gasteiger partial charge in [-0.25, -0.2) is 0 Å². The second-order valence-electron chi connectivity index (χ2n) is 20.2. The largest absolute Gasteiger partial charge is 0.289 e. The van der Waals surface area contributed by atoms with E-state index in [1.807, 2.05) is 168 Å². The van der Waals surface area contributed by atoms with Crippen LogP contribution in [0.3, 0.4) is 0 Å². The highest BCUT2D eigenvalue weighted by atomic mass is 35.5. The predicted molar refractivity (Wildman–Crippen MR) is 268 cm³/mol. The Morgan fingerprint density at radius 2 is 0.688 bits per heavy atom. The van der Waals surface area contributed by atoms with E-state index in [2.05, 4.69) is 10.2 Å². The Kier molecular flexibility index (Phi) is 14.0. The van der Waals surface area contributed by atoms with Crippen LogP contribution in [-0.4, -0.2) is 11.6 Å². The number of hydrogen-bond donors (Lipinski definition) is 0. The maximum atomic E-state index is 13.8. The normalized spacial score (nSPS) is 15.4. The standard InChI is InChI=1S/C54H54Cl4N4O2/c1-51(2,3)37-23-33(24-38(49(37)63)52(4,5)6)47(31-19-15-13-16-20-31)61-59-45-29-41(55)35(27-43(45)57)36-28-44(58)46(30-42(36)56)60-62-48(32-21-17-14-18-22-32)34-25-39(53(7,8)9)50(64)40(26-34)54(10,11)12/h13-30H,1-12H3. The summed E-state index contributed by atoms with van der Waals surface area (Å²) in [6.07, 6.45) is 7.68. The fraction of sp³-hybridized carbons (Fsp3) is 0.296. The number of ketones is 2. The fourth-order valence-corrected chi connectivity index (χ4v) is 8.28. The van der Waals surface area contributed by atoms with Gasteiger partial charge in [0.05, 0.1) is 20.1 Å². The molecule has 4 aromatic rings. The molecule has 0 heterocycles. The molecular formula is C54H54Cl4N4O2. The lowest BCUT2D eigenvalue weighted by Crippen LogP contribution is -2.28. The number of benzene rings is 4. The molecule has 4 aromatic carbocycles. The third-order valence-electron chi connectivity index (χ3n) is 10.9. The van der Waals surface area contributed by atoms with Crippen LogP contribution in [0.25, 0.3) is 22.5 Å². The highest BCUT2D eigenvalue weighted by Gasteiger charge is 2.36. The summed E-state index contributed by atoms with van der Waals surface area (Å²) in [7, 11) is 0. The molecule has 6 rings (SSSR count). The van der Waals surface area contributed by atoms with E-state index in [0.717, 1.165) is 22.3 Å². The van der Waals surface area contributed by atoms with Gasteiger partial charge in [0, 0.05) is 55.7 Å². The van der Waals surface area contributed by atoms with E-state index < -0.39 is 21.7 Å². The number of azo groups is 2. The molecule has 0 atom stereocenters. The van der Waals surface area contributed by atoms with E-state index in [1.165, 1.54) is 0 Å². The maximum Gasteiger partial charge on any atom is 0.186 e. The van der Waals surface area contributed by atoms with Gasteiger partial charge in [0.25, 0.3) is 0 Å². The van der Waals surface area contributed by atoms with Crippen molar-refractivity contribution >= 4 is 80.7 Å². The molecule has 0 unspecified atom stereocenters. The van der Waals surface area contributed by atoms with Gasteiger partial charge >= 0.3 is 0 Å². The van der Waals surface area contributed by atoms with E-state index in [-0.39, 0.29) is 21.6 Å². The number of carbonyl (C=O) groups is 2. The summed E-state index contributed by atoms with van der Waals surface area (Å²) >= 11 is 27.8. The lowest BCUT2D eigenvalue weighted by molar-refractivity contribution is -0.114. The first-order chi connectivity index (χ1) is 29.8. The molecule has 6 nitrogen and oxygen atoms in total. The van der Waals surface area contributed by atoms with E-state index in [9.17, 15) is 9.59 Å². The summed E-state index contributed by atoms with van der Waals surface area (Å²) in [5.74, 6) is 0.0557. The average Bonchev–Trinajstić information content (AvgIpc) is 3.20. The molecule has 330 valence electrons.